The van der Waals surface area contributed by atoms with Gasteiger partial charge in [0.2, 0.25) is 0 Å². The summed E-state index contributed by atoms with van der Waals surface area (Å²) in [7, 11) is 0. The van der Waals surface area contributed by atoms with Gasteiger partial charge < -0.3 is 9.67 Å². The van der Waals surface area contributed by atoms with Crippen LogP contribution in [0.15, 0.2) is 12.1 Å². The van der Waals surface area contributed by atoms with E-state index in [0.29, 0.717) is 5.82 Å². The van der Waals surface area contributed by atoms with Crippen LogP contribution in [-0.4, -0.2) is 19.9 Å². The SMILES string of the molecule is OCc1nnc(-c2ccc(F)c(F)c2F)n1C1CC1. The third-order valence-electron chi connectivity index (χ3n) is 3.10. The van der Waals surface area contributed by atoms with Crippen LogP contribution in [0.5, 0.6) is 0 Å². The van der Waals surface area contributed by atoms with Gasteiger partial charge >= 0.3 is 0 Å². The number of halogens is 3. The number of hydrogen-bond acceptors (Lipinski definition) is 3. The zero-order valence-corrected chi connectivity index (χ0v) is 9.78. The quantitative estimate of drug-likeness (QED) is 0.869. The monoisotopic (exact) mass is 269 g/mol. The Bertz CT molecular complexity index is 637. The third kappa shape index (κ3) is 1.90. The van der Waals surface area contributed by atoms with Crippen molar-refractivity contribution < 1.29 is 18.3 Å². The summed E-state index contributed by atoms with van der Waals surface area (Å²) >= 11 is 0. The largest absolute Gasteiger partial charge is 0.388 e. The van der Waals surface area contributed by atoms with E-state index in [2.05, 4.69) is 10.2 Å². The lowest BCUT2D eigenvalue weighted by atomic mass is 10.2. The topological polar surface area (TPSA) is 50.9 Å². The Kier molecular flexibility index (Phi) is 2.78. The van der Waals surface area contributed by atoms with E-state index >= 15 is 0 Å². The second-order valence-electron chi connectivity index (χ2n) is 4.42. The predicted molar refractivity (Wildman–Crippen MR) is 59.5 cm³/mol. The Hall–Kier alpha value is -1.89. The van der Waals surface area contributed by atoms with Crippen molar-refractivity contribution in [1.82, 2.24) is 14.8 Å². The van der Waals surface area contributed by atoms with Crippen LogP contribution < -0.4 is 0 Å². The molecule has 0 bridgehead atoms. The van der Waals surface area contributed by atoms with Crippen molar-refractivity contribution in [1.29, 1.82) is 0 Å². The first-order chi connectivity index (χ1) is 9.13. The summed E-state index contributed by atoms with van der Waals surface area (Å²) in [6, 6.07) is 2.05. The van der Waals surface area contributed by atoms with Crippen LogP contribution in [0.1, 0.15) is 24.7 Å². The lowest BCUT2D eigenvalue weighted by Gasteiger charge is -2.08. The van der Waals surface area contributed by atoms with Crippen LogP contribution in [0.3, 0.4) is 0 Å². The Labute approximate surface area is 106 Å². The fraction of sp³-hybridized carbons (Fsp3) is 0.333. The molecule has 1 fully saturated rings. The standard InChI is InChI=1S/C12H10F3N3O/c13-8-4-3-7(10(14)11(8)15)12-17-16-9(5-19)18(12)6-1-2-6/h3-4,6,19H,1-2,5H2. The average Bonchev–Trinajstić information content (AvgIpc) is 3.16. The summed E-state index contributed by atoms with van der Waals surface area (Å²) < 4.78 is 41.5. The second-order valence-corrected chi connectivity index (χ2v) is 4.42. The van der Waals surface area contributed by atoms with Gasteiger partial charge in [-0.15, -0.1) is 10.2 Å². The van der Waals surface area contributed by atoms with Crippen LogP contribution in [-0.2, 0) is 6.61 Å². The highest BCUT2D eigenvalue weighted by atomic mass is 19.2. The van der Waals surface area contributed by atoms with Gasteiger partial charge in [-0.1, -0.05) is 0 Å². The Morgan fingerprint density at radius 1 is 1.16 bits per heavy atom. The molecule has 1 saturated carbocycles. The summed E-state index contributed by atoms with van der Waals surface area (Å²) in [5, 5.41) is 16.7. The summed E-state index contributed by atoms with van der Waals surface area (Å²) in [4.78, 5) is 0. The van der Waals surface area contributed by atoms with Crippen molar-refractivity contribution in [2.45, 2.75) is 25.5 Å². The molecular formula is C12H10F3N3O. The number of aliphatic hydroxyl groups is 1. The molecule has 0 unspecified atom stereocenters. The van der Waals surface area contributed by atoms with Crippen molar-refractivity contribution in [3.63, 3.8) is 0 Å². The minimum atomic E-state index is -1.53. The van der Waals surface area contributed by atoms with Crippen LogP contribution in [0.4, 0.5) is 13.2 Å². The first-order valence-electron chi connectivity index (χ1n) is 5.82. The number of aliphatic hydroxyl groups excluding tert-OH is 1. The number of benzene rings is 1. The second kappa shape index (κ2) is 4.34. The molecule has 1 aromatic heterocycles. The maximum atomic E-state index is 13.8. The maximum Gasteiger partial charge on any atom is 0.195 e. The molecule has 0 atom stereocenters. The normalized spacial score (nSPS) is 14.9. The highest BCUT2D eigenvalue weighted by Gasteiger charge is 2.31. The number of nitrogens with zero attached hydrogens (tertiary/aromatic N) is 3. The number of hydrogen-bond donors (Lipinski definition) is 1. The van der Waals surface area contributed by atoms with Gasteiger partial charge in [0, 0.05) is 6.04 Å². The lowest BCUT2D eigenvalue weighted by molar-refractivity contribution is 0.265. The molecule has 0 saturated heterocycles. The molecule has 2 aromatic rings. The van der Waals surface area contributed by atoms with E-state index in [0.717, 1.165) is 25.0 Å². The highest BCUT2D eigenvalue weighted by molar-refractivity contribution is 5.57. The van der Waals surface area contributed by atoms with Gasteiger partial charge in [0.15, 0.2) is 29.1 Å². The molecule has 1 aliphatic carbocycles. The van der Waals surface area contributed by atoms with E-state index in [9.17, 15) is 18.3 Å². The molecule has 0 radical (unpaired) electrons. The van der Waals surface area contributed by atoms with Crippen molar-refractivity contribution in [3.8, 4) is 11.4 Å². The Morgan fingerprint density at radius 2 is 1.89 bits per heavy atom. The van der Waals surface area contributed by atoms with Crippen molar-refractivity contribution in [2.75, 3.05) is 0 Å². The molecule has 19 heavy (non-hydrogen) atoms. The fourth-order valence-electron chi connectivity index (χ4n) is 2.03. The van der Waals surface area contributed by atoms with Crippen molar-refractivity contribution in [3.05, 3.63) is 35.4 Å². The minimum absolute atomic E-state index is 0.0830. The predicted octanol–water partition coefficient (Wildman–Crippen LogP) is 2.19. The van der Waals surface area contributed by atoms with E-state index in [1.54, 1.807) is 4.57 Å². The average molecular weight is 269 g/mol. The van der Waals surface area contributed by atoms with E-state index in [1.165, 1.54) is 0 Å². The van der Waals surface area contributed by atoms with Crippen LogP contribution >= 0.6 is 0 Å². The number of rotatable bonds is 3. The first kappa shape index (κ1) is 12.2. The van der Waals surface area contributed by atoms with E-state index in [-0.39, 0.29) is 24.0 Å². The van der Waals surface area contributed by atoms with Gasteiger partial charge in [0.1, 0.15) is 6.61 Å². The molecule has 1 aromatic carbocycles. The van der Waals surface area contributed by atoms with E-state index in [4.69, 9.17) is 0 Å². The maximum absolute atomic E-state index is 13.8. The van der Waals surface area contributed by atoms with Crippen LogP contribution in [0, 0.1) is 17.5 Å². The Morgan fingerprint density at radius 3 is 2.53 bits per heavy atom. The third-order valence-corrected chi connectivity index (χ3v) is 3.10. The van der Waals surface area contributed by atoms with Gasteiger partial charge in [-0.3, -0.25) is 0 Å². The van der Waals surface area contributed by atoms with Crippen molar-refractivity contribution in [2.24, 2.45) is 0 Å². The zero-order valence-electron chi connectivity index (χ0n) is 9.78. The molecule has 0 aliphatic heterocycles. The molecular weight excluding hydrogens is 259 g/mol. The molecule has 100 valence electrons. The first-order valence-corrected chi connectivity index (χ1v) is 5.82. The molecule has 1 N–H and O–H groups in total. The molecule has 7 heteroatoms. The smallest absolute Gasteiger partial charge is 0.195 e. The molecule has 1 aliphatic rings. The highest BCUT2D eigenvalue weighted by Crippen LogP contribution is 2.39. The van der Waals surface area contributed by atoms with Gasteiger partial charge in [0.25, 0.3) is 0 Å². The molecule has 0 spiro atoms. The zero-order chi connectivity index (χ0) is 13.6. The minimum Gasteiger partial charge on any atom is -0.388 e. The van der Waals surface area contributed by atoms with Gasteiger partial charge in [-0.2, -0.15) is 0 Å². The molecule has 4 nitrogen and oxygen atoms in total. The molecule has 3 rings (SSSR count). The van der Waals surface area contributed by atoms with Gasteiger partial charge in [0.05, 0.1) is 5.56 Å². The summed E-state index contributed by atoms with van der Waals surface area (Å²) in [5.74, 6) is -3.67. The molecule has 1 heterocycles. The van der Waals surface area contributed by atoms with Gasteiger partial charge in [-0.25, -0.2) is 13.2 Å². The molecule has 0 amide bonds. The van der Waals surface area contributed by atoms with E-state index < -0.39 is 17.5 Å². The summed E-state index contributed by atoms with van der Waals surface area (Å²) in [6.45, 7) is -0.338. The van der Waals surface area contributed by atoms with Gasteiger partial charge in [-0.05, 0) is 25.0 Å². The summed E-state index contributed by atoms with van der Waals surface area (Å²) in [5.41, 5.74) is -0.155. The van der Waals surface area contributed by atoms with Crippen molar-refractivity contribution >= 4 is 0 Å². The Balaban J connectivity index is 2.17. The van der Waals surface area contributed by atoms with Crippen LogP contribution in [0.25, 0.3) is 11.4 Å². The van der Waals surface area contributed by atoms with Crippen LogP contribution in [0.2, 0.25) is 0 Å². The lowest BCUT2D eigenvalue weighted by Crippen LogP contribution is -2.05. The summed E-state index contributed by atoms with van der Waals surface area (Å²) in [6.07, 6.45) is 1.73. The fourth-order valence-corrected chi connectivity index (χ4v) is 2.03. The van der Waals surface area contributed by atoms with E-state index in [1.807, 2.05) is 0 Å². The number of aromatic nitrogens is 3.